The Morgan fingerprint density at radius 3 is 2.67 bits per heavy atom. The van der Waals surface area contributed by atoms with Gasteiger partial charge in [0.25, 0.3) is 5.91 Å². The molecule has 2 aromatic carbocycles. The summed E-state index contributed by atoms with van der Waals surface area (Å²) in [6, 6.07) is 9.24. The van der Waals surface area contributed by atoms with Crippen LogP contribution in [0.3, 0.4) is 0 Å². The second-order valence-corrected chi connectivity index (χ2v) is 10.9. The predicted octanol–water partition coefficient (Wildman–Crippen LogP) is 3.93. The van der Waals surface area contributed by atoms with Crippen LogP contribution in [0.1, 0.15) is 57.4 Å². The minimum Gasteiger partial charge on any atom is -0.395 e. The quantitative estimate of drug-likeness (QED) is 0.442. The monoisotopic (exact) mass is 559 g/mol. The van der Waals surface area contributed by atoms with E-state index in [0.717, 1.165) is 18.9 Å². The van der Waals surface area contributed by atoms with Crippen LogP contribution in [-0.4, -0.2) is 63.1 Å². The number of amides is 1. The van der Waals surface area contributed by atoms with Crippen LogP contribution in [0.25, 0.3) is 0 Å². The van der Waals surface area contributed by atoms with Crippen molar-refractivity contribution in [2.24, 2.45) is 7.05 Å². The number of benzene rings is 2. The Bertz CT molecular complexity index is 1440. The van der Waals surface area contributed by atoms with Gasteiger partial charge in [-0.05, 0) is 60.3 Å². The lowest BCUT2D eigenvalue weighted by Crippen LogP contribution is -2.50. The SMILES string of the molecule is Cn1cnnc1[C@H](F)C1(c2cccc(N3Cc4c(cc(CN5CCC[C@H]5CO)cc4C(F)(F)F)C3=O)c2)COC1. The number of aliphatic hydroxyl groups excluding tert-OH is 1. The molecule has 4 heterocycles. The fourth-order valence-corrected chi connectivity index (χ4v) is 6.10. The summed E-state index contributed by atoms with van der Waals surface area (Å²) >= 11 is 0. The molecule has 40 heavy (non-hydrogen) atoms. The fourth-order valence-electron chi connectivity index (χ4n) is 6.10. The molecule has 2 fully saturated rings. The number of rotatable bonds is 7. The number of halogens is 4. The first-order valence-electron chi connectivity index (χ1n) is 13.2. The molecule has 8 nitrogen and oxygen atoms in total. The number of nitrogens with zero attached hydrogens (tertiary/aromatic N) is 5. The molecule has 3 aromatic rings. The van der Waals surface area contributed by atoms with Crippen molar-refractivity contribution in [1.29, 1.82) is 0 Å². The molecule has 1 aromatic heterocycles. The van der Waals surface area contributed by atoms with Gasteiger partial charge in [0, 0.05) is 30.9 Å². The molecule has 0 saturated carbocycles. The zero-order valence-corrected chi connectivity index (χ0v) is 21.9. The van der Waals surface area contributed by atoms with Crippen LogP contribution < -0.4 is 4.90 Å². The predicted molar refractivity (Wildman–Crippen MR) is 136 cm³/mol. The summed E-state index contributed by atoms with van der Waals surface area (Å²) in [5.41, 5.74) is -0.627. The number of carbonyl (C=O) groups excluding carboxylic acids is 1. The number of likely N-dealkylation sites (tertiary alicyclic amines) is 1. The molecule has 2 atom stereocenters. The third kappa shape index (κ3) is 4.38. The summed E-state index contributed by atoms with van der Waals surface area (Å²) in [5.74, 6) is -0.397. The highest BCUT2D eigenvalue weighted by Gasteiger charge is 2.51. The summed E-state index contributed by atoms with van der Waals surface area (Å²) in [6.07, 6.45) is -3.15. The fraction of sp³-hybridized carbons (Fsp3) is 0.464. The van der Waals surface area contributed by atoms with Gasteiger partial charge in [-0.15, -0.1) is 10.2 Å². The molecule has 2 saturated heterocycles. The van der Waals surface area contributed by atoms with Gasteiger partial charge >= 0.3 is 6.18 Å². The second kappa shape index (κ2) is 9.93. The van der Waals surface area contributed by atoms with Crippen LogP contribution in [0.15, 0.2) is 42.7 Å². The van der Waals surface area contributed by atoms with Crippen LogP contribution in [0, 0.1) is 0 Å². The summed E-state index contributed by atoms with van der Waals surface area (Å²) < 4.78 is 65.4. The van der Waals surface area contributed by atoms with E-state index in [2.05, 4.69) is 10.2 Å². The first-order valence-corrected chi connectivity index (χ1v) is 13.2. The molecule has 212 valence electrons. The van der Waals surface area contributed by atoms with Crippen molar-refractivity contribution in [2.75, 3.05) is 31.3 Å². The maximum Gasteiger partial charge on any atom is 0.416 e. The number of alkyl halides is 4. The zero-order chi connectivity index (χ0) is 28.2. The molecular weight excluding hydrogens is 530 g/mol. The van der Waals surface area contributed by atoms with Crippen LogP contribution >= 0.6 is 0 Å². The van der Waals surface area contributed by atoms with E-state index in [0.29, 0.717) is 23.4 Å². The number of aromatic nitrogens is 3. The van der Waals surface area contributed by atoms with Gasteiger partial charge in [0.2, 0.25) is 0 Å². The average molecular weight is 560 g/mol. The van der Waals surface area contributed by atoms with Crippen molar-refractivity contribution in [2.45, 2.75) is 49.7 Å². The third-order valence-corrected chi connectivity index (χ3v) is 8.41. The number of aliphatic hydroxyl groups is 1. The Hall–Kier alpha value is -3.35. The summed E-state index contributed by atoms with van der Waals surface area (Å²) in [4.78, 5) is 16.8. The van der Waals surface area contributed by atoms with Crippen molar-refractivity contribution in [3.05, 3.63) is 76.4 Å². The Morgan fingerprint density at radius 2 is 2.02 bits per heavy atom. The van der Waals surface area contributed by atoms with Gasteiger partial charge in [0.05, 0.1) is 37.3 Å². The Morgan fingerprint density at radius 1 is 1.23 bits per heavy atom. The lowest BCUT2D eigenvalue weighted by molar-refractivity contribution is -0.138. The van der Waals surface area contributed by atoms with Gasteiger partial charge in [-0.3, -0.25) is 9.69 Å². The van der Waals surface area contributed by atoms with Crippen LogP contribution in [0.5, 0.6) is 0 Å². The molecule has 0 radical (unpaired) electrons. The van der Waals surface area contributed by atoms with E-state index in [9.17, 15) is 23.1 Å². The van der Waals surface area contributed by atoms with Crippen LogP contribution in [0.2, 0.25) is 0 Å². The van der Waals surface area contributed by atoms with Crippen molar-refractivity contribution in [3.63, 3.8) is 0 Å². The number of hydrogen-bond donors (Lipinski definition) is 1. The number of ether oxygens (including phenoxy) is 1. The smallest absolute Gasteiger partial charge is 0.395 e. The molecule has 1 amide bonds. The topological polar surface area (TPSA) is 83.7 Å². The van der Waals surface area contributed by atoms with E-state index in [4.69, 9.17) is 4.74 Å². The van der Waals surface area contributed by atoms with Crippen molar-refractivity contribution in [3.8, 4) is 0 Å². The van der Waals surface area contributed by atoms with Crippen molar-refractivity contribution in [1.82, 2.24) is 19.7 Å². The maximum atomic E-state index is 15.8. The van der Waals surface area contributed by atoms with Gasteiger partial charge in [-0.25, -0.2) is 4.39 Å². The van der Waals surface area contributed by atoms with E-state index >= 15 is 4.39 Å². The molecular formula is C28H29F4N5O3. The van der Waals surface area contributed by atoms with Gasteiger partial charge in [0.15, 0.2) is 12.0 Å². The molecule has 0 bridgehead atoms. The Balaban J connectivity index is 1.33. The van der Waals surface area contributed by atoms with Gasteiger partial charge < -0.3 is 19.3 Å². The molecule has 1 N–H and O–H groups in total. The van der Waals surface area contributed by atoms with Crippen LogP contribution in [0.4, 0.5) is 23.2 Å². The Labute approximate surface area is 228 Å². The Kier molecular flexibility index (Phi) is 6.67. The number of fused-ring (bicyclic) bond motifs is 1. The molecule has 0 spiro atoms. The van der Waals surface area contributed by atoms with E-state index < -0.39 is 29.2 Å². The molecule has 12 heteroatoms. The average Bonchev–Trinajstić information content (AvgIpc) is 3.61. The zero-order valence-electron chi connectivity index (χ0n) is 21.9. The van der Waals surface area contributed by atoms with E-state index in [1.165, 1.54) is 21.9 Å². The highest BCUT2D eigenvalue weighted by molar-refractivity contribution is 6.10. The van der Waals surface area contributed by atoms with Crippen molar-refractivity contribution >= 4 is 11.6 Å². The third-order valence-electron chi connectivity index (χ3n) is 8.41. The van der Waals surface area contributed by atoms with E-state index in [1.807, 2.05) is 4.90 Å². The largest absolute Gasteiger partial charge is 0.416 e. The minimum absolute atomic E-state index is 0.0131. The first-order chi connectivity index (χ1) is 19.1. The maximum absolute atomic E-state index is 15.8. The molecule has 0 unspecified atom stereocenters. The minimum atomic E-state index is -4.65. The number of carbonyl (C=O) groups is 1. The standard InChI is InChI=1S/C28H29F4N5O3/c1-35-16-33-34-25(35)24(29)27(14-40-15-27)18-4-2-5-19(10-18)37-12-22-21(26(37)39)8-17(9-23(22)28(30,31)32)11-36-7-3-6-20(36)13-38/h2,4-5,8-10,16,20,24,38H,3,6-7,11-15H2,1H3/t20-,24-/m0/s1. The lowest BCUT2D eigenvalue weighted by atomic mass is 9.74. The lowest BCUT2D eigenvalue weighted by Gasteiger charge is -2.43. The first kappa shape index (κ1) is 26.9. The highest BCUT2D eigenvalue weighted by Crippen LogP contribution is 2.47. The van der Waals surface area contributed by atoms with Crippen molar-refractivity contribution < 1.29 is 32.2 Å². The second-order valence-electron chi connectivity index (χ2n) is 10.9. The molecule has 6 rings (SSSR count). The normalized spacial score (nSPS) is 21.5. The van der Waals surface area contributed by atoms with Gasteiger partial charge in [-0.1, -0.05) is 12.1 Å². The van der Waals surface area contributed by atoms with E-state index in [-0.39, 0.29) is 55.9 Å². The number of hydrogen-bond acceptors (Lipinski definition) is 6. The van der Waals surface area contributed by atoms with E-state index in [1.54, 1.807) is 31.3 Å². The van der Waals surface area contributed by atoms with Crippen LogP contribution in [-0.2, 0) is 36.5 Å². The van der Waals surface area contributed by atoms with Gasteiger partial charge in [-0.2, -0.15) is 13.2 Å². The van der Waals surface area contributed by atoms with Gasteiger partial charge in [0.1, 0.15) is 6.33 Å². The molecule has 3 aliphatic rings. The highest BCUT2D eigenvalue weighted by atomic mass is 19.4. The summed E-state index contributed by atoms with van der Waals surface area (Å²) in [6.45, 7) is 0.750. The number of anilines is 1. The number of aryl methyl sites for hydroxylation is 1. The molecule has 0 aliphatic carbocycles. The molecule has 3 aliphatic heterocycles. The summed E-state index contributed by atoms with van der Waals surface area (Å²) in [5, 5.41) is 17.3. The summed E-state index contributed by atoms with van der Waals surface area (Å²) in [7, 11) is 1.64.